The number of esters is 1. The number of ether oxygens (including phenoxy) is 1. The Kier molecular flexibility index (Phi) is 2.92. The maximum Gasteiger partial charge on any atom is 0.354 e. The second-order valence-electron chi connectivity index (χ2n) is 5.94. The molecule has 0 aromatic heterocycles. The van der Waals surface area contributed by atoms with Gasteiger partial charge in [0.25, 0.3) is 0 Å². The molecule has 0 aromatic carbocycles. The van der Waals surface area contributed by atoms with Gasteiger partial charge in [-0.1, -0.05) is 25.9 Å². The monoisotopic (exact) mass is 239 g/mol. The van der Waals surface area contributed by atoms with Crippen LogP contribution in [-0.4, -0.2) is 23.9 Å². The number of rotatable bonds is 3. The van der Waals surface area contributed by atoms with E-state index in [1.165, 1.54) is 0 Å². The van der Waals surface area contributed by atoms with Crippen LogP contribution in [0.4, 0.5) is 0 Å². The average Bonchev–Trinajstić information content (AvgIpc) is 2.97. The van der Waals surface area contributed by atoms with E-state index in [0.717, 1.165) is 18.6 Å². The molecule has 2 rings (SSSR count). The van der Waals surface area contributed by atoms with Crippen LogP contribution in [0.15, 0.2) is 5.16 Å². The maximum absolute atomic E-state index is 12.1. The lowest BCUT2D eigenvalue weighted by Crippen LogP contribution is -2.43. The van der Waals surface area contributed by atoms with E-state index in [1.54, 1.807) is 0 Å². The van der Waals surface area contributed by atoms with Gasteiger partial charge in [-0.15, -0.1) is 0 Å². The van der Waals surface area contributed by atoms with E-state index >= 15 is 0 Å². The van der Waals surface area contributed by atoms with E-state index in [4.69, 9.17) is 9.57 Å². The Morgan fingerprint density at radius 1 is 1.53 bits per heavy atom. The SMILES string of the molecule is CCOC(=O)C1(C2CC2)CC(C(C)(C)C)=NO1. The molecule has 1 atom stereocenters. The summed E-state index contributed by atoms with van der Waals surface area (Å²) >= 11 is 0. The molecule has 0 N–H and O–H groups in total. The van der Waals surface area contributed by atoms with Crippen molar-refractivity contribution in [3.8, 4) is 0 Å². The standard InChI is InChI=1S/C13H21NO3/c1-5-16-11(15)13(9-6-7-9)8-10(14-17-13)12(2,3)4/h9H,5-8H2,1-4H3. The van der Waals surface area contributed by atoms with Gasteiger partial charge in [0, 0.05) is 17.8 Å². The molecule has 1 aliphatic heterocycles. The molecule has 1 unspecified atom stereocenters. The smallest absolute Gasteiger partial charge is 0.354 e. The first-order valence-corrected chi connectivity index (χ1v) is 6.33. The van der Waals surface area contributed by atoms with Crippen LogP contribution < -0.4 is 0 Å². The Hall–Kier alpha value is -1.06. The van der Waals surface area contributed by atoms with Gasteiger partial charge in [-0.2, -0.15) is 0 Å². The maximum atomic E-state index is 12.1. The molecule has 0 radical (unpaired) electrons. The van der Waals surface area contributed by atoms with Crippen LogP contribution in [0, 0.1) is 11.3 Å². The van der Waals surface area contributed by atoms with Crippen LogP contribution >= 0.6 is 0 Å². The lowest BCUT2D eigenvalue weighted by Gasteiger charge is -2.25. The van der Waals surface area contributed by atoms with Crippen molar-refractivity contribution in [3.05, 3.63) is 0 Å². The topological polar surface area (TPSA) is 47.9 Å². The van der Waals surface area contributed by atoms with E-state index in [2.05, 4.69) is 25.9 Å². The molecule has 1 fully saturated rings. The molecular formula is C13H21NO3. The third-order valence-corrected chi connectivity index (χ3v) is 3.47. The van der Waals surface area contributed by atoms with Crippen LogP contribution in [0.5, 0.6) is 0 Å². The van der Waals surface area contributed by atoms with Crippen LogP contribution in [0.3, 0.4) is 0 Å². The van der Waals surface area contributed by atoms with E-state index in [0.29, 0.717) is 13.0 Å². The van der Waals surface area contributed by atoms with Crippen molar-refractivity contribution in [2.75, 3.05) is 6.61 Å². The molecule has 0 amide bonds. The number of nitrogens with zero attached hydrogens (tertiary/aromatic N) is 1. The first-order valence-electron chi connectivity index (χ1n) is 6.33. The molecule has 1 aliphatic carbocycles. The highest BCUT2D eigenvalue weighted by Crippen LogP contribution is 2.48. The molecule has 96 valence electrons. The zero-order valence-corrected chi connectivity index (χ0v) is 11.1. The summed E-state index contributed by atoms with van der Waals surface area (Å²) in [6.45, 7) is 8.47. The number of carbonyl (C=O) groups excluding carboxylic acids is 1. The van der Waals surface area contributed by atoms with Crippen molar-refractivity contribution >= 4 is 11.7 Å². The highest BCUT2D eigenvalue weighted by molar-refractivity contribution is 5.96. The predicted molar refractivity (Wildman–Crippen MR) is 64.7 cm³/mol. The van der Waals surface area contributed by atoms with Crippen molar-refractivity contribution in [2.45, 2.75) is 52.6 Å². The fourth-order valence-corrected chi connectivity index (χ4v) is 2.15. The second-order valence-corrected chi connectivity index (χ2v) is 5.94. The summed E-state index contributed by atoms with van der Waals surface area (Å²) in [4.78, 5) is 17.6. The summed E-state index contributed by atoms with van der Waals surface area (Å²) in [5.41, 5.74) is 0.0827. The number of hydrogen-bond acceptors (Lipinski definition) is 4. The van der Waals surface area contributed by atoms with E-state index < -0.39 is 5.60 Å². The third kappa shape index (κ3) is 2.17. The summed E-state index contributed by atoms with van der Waals surface area (Å²) in [7, 11) is 0. The fourth-order valence-electron chi connectivity index (χ4n) is 2.15. The van der Waals surface area contributed by atoms with Crippen LogP contribution in [0.25, 0.3) is 0 Å². The van der Waals surface area contributed by atoms with Crippen LogP contribution in [0.2, 0.25) is 0 Å². The van der Waals surface area contributed by atoms with Gasteiger partial charge in [0.15, 0.2) is 0 Å². The normalized spacial score (nSPS) is 28.6. The minimum absolute atomic E-state index is 0.0524. The summed E-state index contributed by atoms with van der Waals surface area (Å²) in [5, 5.41) is 4.14. The second kappa shape index (κ2) is 4.00. The molecular weight excluding hydrogens is 218 g/mol. The van der Waals surface area contributed by atoms with Crippen molar-refractivity contribution < 1.29 is 14.4 Å². The van der Waals surface area contributed by atoms with E-state index in [-0.39, 0.29) is 17.3 Å². The number of oxime groups is 1. The zero-order chi connectivity index (χ0) is 12.7. The van der Waals surface area contributed by atoms with Gasteiger partial charge < -0.3 is 9.57 Å². The molecule has 1 heterocycles. The van der Waals surface area contributed by atoms with Crippen molar-refractivity contribution in [1.82, 2.24) is 0 Å². The number of hydrogen-bond donors (Lipinski definition) is 0. The highest BCUT2D eigenvalue weighted by Gasteiger charge is 2.59. The lowest BCUT2D eigenvalue weighted by molar-refractivity contribution is -0.172. The van der Waals surface area contributed by atoms with Gasteiger partial charge >= 0.3 is 5.97 Å². The summed E-state index contributed by atoms with van der Waals surface area (Å²) in [6.07, 6.45) is 2.65. The summed E-state index contributed by atoms with van der Waals surface area (Å²) in [6, 6.07) is 0. The molecule has 1 saturated carbocycles. The predicted octanol–water partition coefficient (Wildman–Crippen LogP) is 2.52. The molecule has 17 heavy (non-hydrogen) atoms. The number of carbonyl (C=O) groups is 1. The highest BCUT2D eigenvalue weighted by atomic mass is 16.7. The quantitative estimate of drug-likeness (QED) is 0.711. The average molecular weight is 239 g/mol. The Morgan fingerprint density at radius 3 is 2.59 bits per heavy atom. The van der Waals surface area contributed by atoms with Crippen molar-refractivity contribution in [2.24, 2.45) is 16.5 Å². The van der Waals surface area contributed by atoms with Crippen LogP contribution in [0.1, 0.15) is 47.0 Å². The fraction of sp³-hybridized carbons (Fsp3) is 0.846. The first-order chi connectivity index (χ1) is 7.90. The van der Waals surface area contributed by atoms with Crippen molar-refractivity contribution in [1.29, 1.82) is 0 Å². The Bertz CT molecular complexity index is 352. The van der Waals surface area contributed by atoms with Gasteiger partial charge in [-0.25, -0.2) is 4.79 Å². The molecule has 2 aliphatic rings. The Morgan fingerprint density at radius 2 is 2.18 bits per heavy atom. The third-order valence-electron chi connectivity index (χ3n) is 3.47. The summed E-state index contributed by atoms with van der Waals surface area (Å²) in [5.74, 6) is 0.0376. The molecule has 0 bridgehead atoms. The largest absolute Gasteiger partial charge is 0.463 e. The van der Waals surface area contributed by atoms with Gasteiger partial charge in [0.1, 0.15) is 0 Å². The molecule has 0 saturated heterocycles. The van der Waals surface area contributed by atoms with Gasteiger partial charge in [0.2, 0.25) is 5.60 Å². The first kappa shape index (κ1) is 12.4. The molecule has 4 heteroatoms. The Labute approximate surface area is 102 Å². The molecule has 4 nitrogen and oxygen atoms in total. The molecule has 0 spiro atoms. The zero-order valence-electron chi connectivity index (χ0n) is 11.1. The minimum Gasteiger partial charge on any atom is -0.463 e. The Balaban J connectivity index is 2.15. The van der Waals surface area contributed by atoms with E-state index in [9.17, 15) is 4.79 Å². The lowest BCUT2D eigenvalue weighted by atomic mass is 9.81. The molecule has 0 aromatic rings. The summed E-state index contributed by atoms with van der Waals surface area (Å²) < 4.78 is 5.15. The van der Waals surface area contributed by atoms with Gasteiger partial charge in [-0.05, 0) is 19.8 Å². The van der Waals surface area contributed by atoms with Gasteiger partial charge in [0.05, 0.1) is 12.3 Å². The van der Waals surface area contributed by atoms with Crippen LogP contribution in [-0.2, 0) is 14.4 Å². The van der Waals surface area contributed by atoms with Gasteiger partial charge in [-0.3, -0.25) is 0 Å². The minimum atomic E-state index is -0.821. The van der Waals surface area contributed by atoms with E-state index in [1.807, 2.05) is 6.92 Å². The van der Waals surface area contributed by atoms with Crippen molar-refractivity contribution in [3.63, 3.8) is 0 Å².